The number of benzene rings is 1. The van der Waals surface area contributed by atoms with Gasteiger partial charge in [0, 0.05) is 28.3 Å². The van der Waals surface area contributed by atoms with E-state index in [0.717, 1.165) is 20.1 Å². The highest BCUT2D eigenvalue weighted by Crippen LogP contribution is 2.29. The summed E-state index contributed by atoms with van der Waals surface area (Å²) < 4.78 is 1.03. The third-order valence-electron chi connectivity index (χ3n) is 1.99. The molecular weight excluding hydrogens is 286 g/mol. The Morgan fingerprint density at radius 2 is 2.00 bits per heavy atom. The SMILES string of the molecule is NCc1cc(Br)ccc1Sc1ncccn1. The van der Waals surface area contributed by atoms with Crippen LogP contribution in [0.3, 0.4) is 0 Å². The summed E-state index contributed by atoms with van der Waals surface area (Å²) in [7, 11) is 0. The molecule has 0 radical (unpaired) electrons. The predicted octanol–water partition coefficient (Wildman–Crippen LogP) is 2.85. The highest BCUT2D eigenvalue weighted by Gasteiger charge is 2.05. The van der Waals surface area contributed by atoms with Gasteiger partial charge in [0.15, 0.2) is 5.16 Å². The van der Waals surface area contributed by atoms with Crippen LogP contribution in [0.5, 0.6) is 0 Å². The van der Waals surface area contributed by atoms with Crippen molar-refractivity contribution in [3.63, 3.8) is 0 Å². The van der Waals surface area contributed by atoms with Crippen LogP contribution in [0.25, 0.3) is 0 Å². The van der Waals surface area contributed by atoms with Gasteiger partial charge in [-0.2, -0.15) is 0 Å². The predicted molar refractivity (Wildman–Crippen MR) is 68.2 cm³/mol. The lowest BCUT2D eigenvalue weighted by Crippen LogP contribution is -1.98. The summed E-state index contributed by atoms with van der Waals surface area (Å²) >= 11 is 4.95. The lowest BCUT2D eigenvalue weighted by Gasteiger charge is -2.06. The monoisotopic (exact) mass is 295 g/mol. The summed E-state index contributed by atoms with van der Waals surface area (Å²) in [6.07, 6.45) is 3.46. The minimum atomic E-state index is 0.509. The van der Waals surface area contributed by atoms with Crippen molar-refractivity contribution < 1.29 is 0 Å². The Labute approximate surface area is 107 Å². The molecule has 2 N–H and O–H groups in total. The van der Waals surface area contributed by atoms with Crippen molar-refractivity contribution in [3.05, 3.63) is 46.7 Å². The average Bonchev–Trinajstić information content (AvgIpc) is 2.33. The molecule has 0 spiro atoms. The van der Waals surface area contributed by atoms with Crippen molar-refractivity contribution in [1.82, 2.24) is 9.97 Å². The van der Waals surface area contributed by atoms with E-state index in [0.29, 0.717) is 6.54 Å². The fourth-order valence-electron chi connectivity index (χ4n) is 1.24. The van der Waals surface area contributed by atoms with E-state index < -0.39 is 0 Å². The van der Waals surface area contributed by atoms with Gasteiger partial charge in [-0.05, 0) is 41.6 Å². The van der Waals surface area contributed by atoms with Gasteiger partial charge in [0.05, 0.1) is 0 Å². The summed E-state index contributed by atoms with van der Waals surface area (Å²) in [4.78, 5) is 9.44. The van der Waals surface area contributed by atoms with Gasteiger partial charge in [0.25, 0.3) is 0 Å². The summed E-state index contributed by atoms with van der Waals surface area (Å²) in [5, 5.41) is 0.736. The average molecular weight is 296 g/mol. The maximum absolute atomic E-state index is 5.70. The molecule has 16 heavy (non-hydrogen) atoms. The van der Waals surface area contributed by atoms with E-state index in [1.54, 1.807) is 18.5 Å². The molecule has 0 bridgehead atoms. The lowest BCUT2D eigenvalue weighted by molar-refractivity contribution is 0.960. The molecule has 0 aliphatic rings. The first-order valence-electron chi connectivity index (χ1n) is 4.73. The largest absolute Gasteiger partial charge is 0.326 e. The smallest absolute Gasteiger partial charge is 0.192 e. The summed E-state index contributed by atoms with van der Waals surface area (Å²) in [5.74, 6) is 0. The quantitative estimate of drug-likeness (QED) is 0.885. The Morgan fingerprint density at radius 3 is 2.69 bits per heavy atom. The molecule has 0 saturated heterocycles. The zero-order chi connectivity index (χ0) is 11.4. The molecule has 1 heterocycles. The molecule has 0 atom stereocenters. The minimum Gasteiger partial charge on any atom is -0.326 e. The first-order chi connectivity index (χ1) is 7.79. The number of hydrogen-bond donors (Lipinski definition) is 1. The van der Waals surface area contributed by atoms with Crippen molar-refractivity contribution in [1.29, 1.82) is 0 Å². The Morgan fingerprint density at radius 1 is 1.25 bits per heavy atom. The fourth-order valence-corrected chi connectivity index (χ4v) is 2.49. The zero-order valence-corrected chi connectivity index (χ0v) is 10.8. The summed E-state index contributed by atoms with van der Waals surface area (Å²) in [6.45, 7) is 0.509. The van der Waals surface area contributed by atoms with Gasteiger partial charge in [0.2, 0.25) is 0 Å². The molecule has 1 aromatic heterocycles. The van der Waals surface area contributed by atoms with Crippen LogP contribution in [0, 0.1) is 0 Å². The normalized spacial score (nSPS) is 10.4. The van der Waals surface area contributed by atoms with Crippen LogP contribution in [0.4, 0.5) is 0 Å². The molecule has 0 saturated carbocycles. The van der Waals surface area contributed by atoms with Gasteiger partial charge in [-0.15, -0.1) is 0 Å². The first-order valence-corrected chi connectivity index (χ1v) is 6.34. The van der Waals surface area contributed by atoms with Crippen LogP contribution in [0.2, 0.25) is 0 Å². The molecule has 5 heteroatoms. The standard InChI is InChI=1S/C11H10BrN3S/c12-9-2-3-10(8(6-9)7-13)16-11-14-4-1-5-15-11/h1-6H,7,13H2. The first kappa shape index (κ1) is 11.6. The molecule has 82 valence electrons. The Balaban J connectivity index is 2.28. The Bertz CT molecular complexity index is 476. The van der Waals surface area contributed by atoms with E-state index in [2.05, 4.69) is 25.9 Å². The van der Waals surface area contributed by atoms with Crippen molar-refractivity contribution in [2.45, 2.75) is 16.6 Å². The van der Waals surface area contributed by atoms with Crippen LogP contribution in [-0.2, 0) is 6.54 Å². The fraction of sp³-hybridized carbons (Fsp3) is 0.0909. The van der Waals surface area contributed by atoms with Crippen LogP contribution in [-0.4, -0.2) is 9.97 Å². The second-order valence-corrected chi connectivity index (χ2v) is 5.01. The van der Waals surface area contributed by atoms with Gasteiger partial charge in [0.1, 0.15) is 0 Å². The highest BCUT2D eigenvalue weighted by molar-refractivity contribution is 9.10. The van der Waals surface area contributed by atoms with E-state index in [1.165, 1.54) is 11.8 Å². The van der Waals surface area contributed by atoms with Gasteiger partial charge in [-0.1, -0.05) is 15.9 Å². The highest BCUT2D eigenvalue weighted by atomic mass is 79.9. The van der Waals surface area contributed by atoms with Crippen molar-refractivity contribution >= 4 is 27.7 Å². The Hall–Kier alpha value is -0.910. The molecule has 2 rings (SSSR count). The molecule has 0 aliphatic heterocycles. The summed E-state index contributed by atoms with van der Waals surface area (Å²) in [5.41, 5.74) is 6.79. The Kier molecular flexibility index (Phi) is 3.93. The number of nitrogens with two attached hydrogens (primary N) is 1. The topological polar surface area (TPSA) is 51.8 Å². The van der Waals surface area contributed by atoms with Crippen molar-refractivity contribution in [2.75, 3.05) is 0 Å². The van der Waals surface area contributed by atoms with E-state index in [1.807, 2.05) is 18.2 Å². The van der Waals surface area contributed by atoms with Gasteiger partial charge in [-0.3, -0.25) is 0 Å². The van der Waals surface area contributed by atoms with E-state index in [-0.39, 0.29) is 0 Å². The summed E-state index contributed by atoms with van der Waals surface area (Å²) in [6, 6.07) is 7.83. The second kappa shape index (κ2) is 5.43. The van der Waals surface area contributed by atoms with Crippen LogP contribution in [0.15, 0.2) is 51.2 Å². The number of halogens is 1. The van der Waals surface area contributed by atoms with Crippen molar-refractivity contribution in [2.24, 2.45) is 5.73 Å². The second-order valence-electron chi connectivity index (χ2n) is 3.09. The maximum Gasteiger partial charge on any atom is 0.192 e. The van der Waals surface area contributed by atoms with Gasteiger partial charge >= 0.3 is 0 Å². The number of nitrogens with zero attached hydrogens (tertiary/aromatic N) is 2. The van der Waals surface area contributed by atoms with E-state index in [4.69, 9.17) is 5.73 Å². The molecular formula is C11H10BrN3S. The molecule has 0 unspecified atom stereocenters. The van der Waals surface area contributed by atoms with Crippen LogP contribution >= 0.6 is 27.7 Å². The van der Waals surface area contributed by atoms with Crippen molar-refractivity contribution in [3.8, 4) is 0 Å². The third-order valence-corrected chi connectivity index (χ3v) is 3.49. The molecule has 1 aromatic carbocycles. The number of hydrogen-bond acceptors (Lipinski definition) is 4. The maximum atomic E-state index is 5.70. The zero-order valence-electron chi connectivity index (χ0n) is 8.43. The molecule has 3 nitrogen and oxygen atoms in total. The van der Waals surface area contributed by atoms with Gasteiger partial charge in [-0.25, -0.2) is 9.97 Å². The van der Waals surface area contributed by atoms with Gasteiger partial charge < -0.3 is 5.73 Å². The third kappa shape index (κ3) is 2.81. The molecule has 0 fully saturated rings. The van der Waals surface area contributed by atoms with E-state index >= 15 is 0 Å². The minimum absolute atomic E-state index is 0.509. The van der Waals surface area contributed by atoms with E-state index in [9.17, 15) is 0 Å². The number of rotatable bonds is 3. The molecule has 0 aliphatic carbocycles. The lowest BCUT2D eigenvalue weighted by atomic mass is 10.2. The van der Waals surface area contributed by atoms with Crippen LogP contribution < -0.4 is 5.73 Å². The number of aromatic nitrogens is 2. The van der Waals surface area contributed by atoms with Crippen LogP contribution in [0.1, 0.15) is 5.56 Å². The molecule has 0 amide bonds. The molecule has 2 aromatic rings.